The van der Waals surface area contributed by atoms with Crippen LogP contribution in [0.2, 0.25) is 0 Å². The molecule has 0 saturated carbocycles. The molecule has 2 atom stereocenters. The third-order valence-electron chi connectivity index (χ3n) is 4.78. The van der Waals surface area contributed by atoms with Crippen LogP contribution in [0.25, 0.3) is 5.69 Å². The van der Waals surface area contributed by atoms with Gasteiger partial charge < -0.3 is 10.0 Å². The van der Waals surface area contributed by atoms with Crippen molar-refractivity contribution in [1.29, 1.82) is 0 Å². The first kappa shape index (κ1) is 19.8. The third kappa shape index (κ3) is 3.58. The van der Waals surface area contributed by atoms with E-state index in [0.29, 0.717) is 11.4 Å². The number of hydrogen-bond acceptors (Lipinski definition) is 3. The van der Waals surface area contributed by atoms with Gasteiger partial charge in [0.25, 0.3) is 5.91 Å². The Bertz CT molecular complexity index is 939. The van der Waals surface area contributed by atoms with E-state index in [0.717, 1.165) is 11.0 Å². The number of benzene rings is 1. The summed E-state index contributed by atoms with van der Waals surface area (Å²) in [6.07, 6.45) is -4.75. The number of nitrogens with zero attached hydrogens (tertiary/aromatic N) is 3. The van der Waals surface area contributed by atoms with Crippen molar-refractivity contribution < 1.29 is 32.3 Å². The van der Waals surface area contributed by atoms with Crippen LogP contribution < -0.4 is 0 Å². The highest BCUT2D eigenvalue weighted by Crippen LogP contribution is 2.38. The second kappa shape index (κ2) is 6.92. The van der Waals surface area contributed by atoms with E-state index >= 15 is 0 Å². The predicted molar refractivity (Wildman–Crippen MR) is 89.6 cm³/mol. The number of aliphatic carboxylic acids is 1. The van der Waals surface area contributed by atoms with Crippen molar-refractivity contribution in [3.05, 3.63) is 47.0 Å². The Morgan fingerprint density at radius 3 is 2.32 bits per heavy atom. The van der Waals surface area contributed by atoms with E-state index < -0.39 is 48.8 Å². The average molecular weight is 399 g/mol. The zero-order valence-electron chi connectivity index (χ0n) is 15.0. The number of carboxylic acids is 1. The van der Waals surface area contributed by atoms with Crippen LogP contribution in [0, 0.1) is 31.5 Å². The fourth-order valence-corrected chi connectivity index (χ4v) is 3.42. The second-order valence-corrected chi connectivity index (χ2v) is 6.81. The topological polar surface area (TPSA) is 75.4 Å². The number of amides is 1. The first-order chi connectivity index (χ1) is 13.0. The van der Waals surface area contributed by atoms with E-state index in [1.54, 1.807) is 19.9 Å². The number of aryl methyl sites for hydroxylation is 2. The number of rotatable bonds is 3. The molecule has 150 valence electrons. The van der Waals surface area contributed by atoms with Gasteiger partial charge in [-0.15, -0.1) is 0 Å². The lowest BCUT2D eigenvalue weighted by atomic mass is 9.96. The number of alkyl halides is 3. The van der Waals surface area contributed by atoms with Gasteiger partial charge in [-0.1, -0.05) is 0 Å². The van der Waals surface area contributed by atoms with E-state index in [4.69, 9.17) is 5.11 Å². The molecule has 10 heteroatoms. The average Bonchev–Trinajstić information content (AvgIpc) is 3.17. The van der Waals surface area contributed by atoms with Gasteiger partial charge in [-0.05, 0) is 38.1 Å². The maximum Gasteiger partial charge on any atom is 0.394 e. The summed E-state index contributed by atoms with van der Waals surface area (Å²) in [6.45, 7) is 2.11. The second-order valence-electron chi connectivity index (χ2n) is 6.81. The summed E-state index contributed by atoms with van der Waals surface area (Å²) in [5.74, 6) is -7.14. The van der Waals surface area contributed by atoms with Crippen molar-refractivity contribution in [2.24, 2.45) is 11.8 Å². The van der Waals surface area contributed by atoms with Crippen molar-refractivity contribution in [3.8, 4) is 5.69 Å². The Morgan fingerprint density at radius 2 is 1.86 bits per heavy atom. The molecule has 0 aliphatic carbocycles. The molecule has 6 nitrogen and oxygen atoms in total. The minimum Gasteiger partial charge on any atom is -0.481 e. The molecule has 1 aliphatic heterocycles. The Hall–Kier alpha value is -2.91. The number of carbonyl (C=O) groups is 2. The summed E-state index contributed by atoms with van der Waals surface area (Å²) in [5, 5.41) is 13.2. The van der Waals surface area contributed by atoms with Gasteiger partial charge in [0.05, 0.1) is 17.5 Å². The number of hydrogen-bond donors (Lipinski definition) is 1. The van der Waals surface area contributed by atoms with Crippen molar-refractivity contribution in [3.63, 3.8) is 0 Å². The fraction of sp³-hybridized carbons (Fsp3) is 0.389. The maximum absolute atomic E-state index is 14.5. The number of carboxylic acid groups (broad SMARTS) is 1. The lowest BCUT2D eigenvalue weighted by molar-refractivity contribution is -0.187. The molecular weight excluding hydrogens is 382 g/mol. The Kier molecular flexibility index (Phi) is 4.90. The molecule has 1 aliphatic rings. The molecule has 28 heavy (non-hydrogen) atoms. The van der Waals surface area contributed by atoms with Crippen LogP contribution in [0.15, 0.2) is 24.3 Å². The molecule has 1 amide bonds. The van der Waals surface area contributed by atoms with Gasteiger partial charge in [0, 0.05) is 24.3 Å². The van der Waals surface area contributed by atoms with Crippen LogP contribution in [-0.2, 0) is 4.79 Å². The number of halogens is 4. The lowest BCUT2D eigenvalue weighted by Gasteiger charge is -2.18. The molecule has 1 fully saturated rings. The summed E-state index contributed by atoms with van der Waals surface area (Å²) >= 11 is 0. The van der Waals surface area contributed by atoms with Gasteiger partial charge in [0.1, 0.15) is 11.5 Å². The summed E-state index contributed by atoms with van der Waals surface area (Å²) in [5.41, 5.74) is 1.29. The molecule has 2 heterocycles. The molecule has 3 rings (SSSR count). The van der Waals surface area contributed by atoms with Crippen LogP contribution in [0.4, 0.5) is 17.6 Å². The molecule has 0 spiro atoms. The van der Waals surface area contributed by atoms with Gasteiger partial charge >= 0.3 is 12.1 Å². The minimum atomic E-state index is -4.75. The van der Waals surface area contributed by atoms with Gasteiger partial charge in [-0.2, -0.15) is 18.3 Å². The largest absolute Gasteiger partial charge is 0.481 e. The smallest absolute Gasteiger partial charge is 0.394 e. The molecule has 1 aromatic carbocycles. The van der Waals surface area contributed by atoms with Crippen LogP contribution in [-0.4, -0.2) is 50.9 Å². The minimum absolute atomic E-state index is 0.0974. The summed E-state index contributed by atoms with van der Waals surface area (Å²) in [6, 6.07) is 5.26. The Morgan fingerprint density at radius 1 is 1.18 bits per heavy atom. The highest BCUT2D eigenvalue weighted by molar-refractivity contribution is 5.95. The zero-order chi connectivity index (χ0) is 20.8. The van der Waals surface area contributed by atoms with Crippen LogP contribution in [0.3, 0.4) is 0 Å². The third-order valence-corrected chi connectivity index (χ3v) is 4.78. The van der Waals surface area contributed by atoms with Gasteiger partial charge in [-0.25, -0.2) is 9.07 Å². The molecule has 1 saturated heterocycles. The van der Waals surface area contributed by atoms with E-state index in [1.807, 2.05) is 0 Å². The first-order valence-electron chi connectivity index (χ1n) is 8.41. The Balaban J connectivity index is 1.86. The van der Waals surface area contributed by atoms with E-state index in [9.17, 15) is 27.2 Å². The molecule has 1 N–H and O–H groups in total. The maximum atomic E-state index is 14.5. The quantitative estimate of drug-likeness (QED) is 0.806. The van der Waals surface area contributed by atoms with E-state index in [2.05, 4.69) is 5.10 Å². The molecule has 0 radical (unpaired) electrons. The van der Waals surface area contributed by atoms with Crippen molar-refractivity contribution in [2.45, 2.75) is 20.0 Å². The highest BCUT2D eigenvalue weighted by atomic mass is 19.4. The summed E-state index contributed by atoms with van der Waals surface area (Å²) in [4.78, 5) is 24.5. The monoisotopic (exact) mass is 399 g/mol. The number of aromatic nitrogens is 2. The van der Waals surface area contributed by atoms with Crippen LogP contribution in [0.5, 0.6) is 0 Å². The first-order valence-corrected chi connectivity index (χ1v) is 8.41. The lowest BCUT2D eigenvalue weighted by Crippen LogP contribution is -2.34. The zero-order valence-corrected chi connectivity index (χ0v) is 15.0. The van der Waals surface area contributed by atoms with Crippen LogP contribution >= 0.6 is 0 Å². The van der Waals surface area contributed by atoms with Gasteiger partial charge in [-0.3, -0.25) is 9.59 Å². The Labute approximate surface area is 157 Å². The van der Waals surface area contributed by atoms with Crippen LogP contribution in [0.1, 0.15) is 21.7 Å². The predicted octanol–water partition coefficient (Wildman–Crippen LogP) is 2.96. The van der Waals surface area contributed by atoms with Crippen molar-refractivity contribution >= 4 is 11.9 Å². The fourth-order valence-electron chi connectivity index (χ4n) is 3.42. The van der Waals surface area contributed by atoms with E-state index in [1.165, 1.54) is 16.8 Å². The molecule has 2 aromatic rings. The molecular formula is C18H17F4N3O3. The summed E-state index contributed by atoms with van der Waals surface area (Å²) < 4.78 is 55.1. The standard InChI is InChI=1S/C18H17F4N3O3/c1-9-5-10(2)25(23-9)15-4-3-11(6-14(15)19)16(26)24-7-12(17(27)28)13(8-24)18(20,21)22/h3-6,12-13H,7-8H2,1-2H3,(H,27,28)/t12-,13-/m1/s1. The van der Waals surface area contributed by atoms with Gasteiger partial charge in [0.2, 0.25) is 0 Å². The summed E-state index contributed by atoms with van der Waals surface area (Å²) in [7, 11) is 0. The number of carbonyl (C=O) groups excluding carboxylic acids is 1. The molecule has 0 bridgehead atoms. The van der Waals surface area contributed by atoms with Gasteiger partial charge in [0.15, 0.2) is 0 Å². The molecule has 0 unspecified atom stereocenters. The highest BCUT2D eigenvalue weighted by Gasteiger charge is 2.53. The van der Waals surface area contributed by atoms with E-state index in [-0.39, 0.29) is 11.3 Å². The van der Waals surface area contributed by atoms with Crippen molar-refractivity contribution in [2.75, 3.05) is 13.1 Å². The van der Waals surface area contributed by atoms with Crippen molar-refractivity contribution in [1.82, 2.24) is 14.7 Å². The number of likely N-dealkylation sites (tertiary alicyclic amines) is 1. The molecule has 1 aromatic heterocycles. The normalized spacial score (nSPS) is 19.9. The SMILES string of the molecule is Cc1cc(C)n(-c2ccc(C(=O)N3C[C@@H](C(F)(F)F)[C@H](C(=O)O)C3)cc2F)n1.